The molecule has 0 radical (unpaired) electrons. The Hall–Kier alpha value is -1.29. The zero-order valence-corrected chi connectivity index (χ0v) is 7.54. The molecule has 0 amide bonds. The van der Waals surface area contributed by atoms with Gasteiger partial charge in [-0.3, -0.25) is 0 Å². The first-order valence-corrected chi connectivity index (χ1v) is 3.74. The Labute approximate surface area is 76.0 Å². The van der Waals surface area contributed by atoms with Crippen molar-refractivity contribution in [2.45, 2.75) is 0 Å². The first-order chi connectivity index (χ1) is 6.29. The van der Waals surface area contributed by atoms with Crippen LogP contribution in [-0.2, 0) is 4.74 Å². The molecule has 72 valence electrons. The summed E-state index contributed by atoms with van der Waals surface area (Å²) in [7, 11) is 2.92. The van der Waals surface area contributed by atoms with E-state index in [1.807, 2.05) is 0 Å². The minimum Gasteiger partial charge on any atom is -0.493 e. The number of hydrogen-bond acceptors (Lipinski definition) is 3. The summed E-state index contributed by atoms with van der Waals surface area (Å²) in [6, 6.07) is 4.47. The number of ether oxygens (including phenoxy) is 3. The van der Waals surface area contributed by atoms with Crippen molar-refractivity contribution in [1.29, 1.82) is 0 Å². The van der Waals surface area contributed by atoms with Gasteiger partial charge < -0.3 is 14.2 Å². The third kappa shape index (κ3) is 2.32. The van der Waals surface area contributed by atoms with E-state index in [-0.39, 0.29) is 12.5 Å². The van der Waals surface area contributed by atoms with Gasteiger partial charge in [-0.05, 0) is 12.1 Å². The van der Waals surface area contributed by atoms with Crippen LogP contribution in [0.2, 0.25) is 0 Å². The van der Waals surface area contributed by atoms with Gasteiger partial charge >= 0.3 is 0 Å². The first kappa shape index (κ1) is 9.80. The molecule has 0 aliphatic carbocycles. The van der Waals surface area contributed by atoms with E-state index in [1.54, 1.807) is 12.1 Å². The summed E-state index contributed by atoms with van der Waals surface area (Å²) in [4.78, 5) is 0. The summed E-state index contributed by atoms with van der Waals surface area (Å²) in [5, 5.41) is 0. The van der Waals surface area contributed by atoms with Gasteiger partial charge in [-0.15, -0.1) is 0 Å². The van der Waals surface area contributed by atoms with Crippen LogP contribution in [0.25, 0.3) is 0 Å². The van der Waals surface area contributed by atoms with Gasteiger partial charge in [-0.25, -0.2) is 4.39 Å². The first-order valence-electron chi connectivity index (χ1n) is 3.74. The highest BCUT2D eigenvalue weighted by atomic mass is 19.1. The zero-order valence-electron chi connectivity index (χ0n) is 7.54. The third-order valence-electron chi connectivity index (χ3n) is 1.47. The Bertz CT molecular complexity index is 276. The SMILES string of the molecule is COCOc1c(F)cccc1OC. The third-order valence-corrected chi connectivity index (χ3v) is 1.47. The molecule has 4 heteroatoms. The quantitative estimate of drug-likeness (QED) is 0.671. The largest absolute Gasteiger partial charge is 0.493 e. The highest BCUT2D eigenvalue weighted by Gasteiger charge is 2.09. The molecular formula is C9H11FO3. The molecule has 0 atom stereocenters. The molecule has 0 bridgehead atoms. The normalized spacial score (nSPS) is 9.77. The standard InChI is InChI=1S/C9H11FO3/c1-11-6-13-9-7(10)4-3-5-8(9)12-2/h3-5H,6H2,1-2H3. The lowest BCUT2D eigenvalue weighted by atomic mass is 10.3. The monoisotopic (exact) mass is 186 g/mol. The molecule has 0 heterocycles. The molecule has 0 aliphatic heterocycles. The summed E-state index contributed by atoms with van der Waals surface area (Å²) in [6.07, 6.45) is 0. The predicted octanol–water partition coefficient (Wildman–Crippen LogP) is 1.82. The molecular weight excluding hydrogens is 175 g/mol. The minimum atomic E-state index is -0.462. The van der Waals surface area contributed by atoms with Crippen molar-refractivity contribution in [3.63, 3.8) is 0 Å². The molecule has 0 saturated carbocycles. The van der Waals surface area contributed by atoms with Gasteiger partial charge in [0.1, 0.15) is 0 Å². The van der Waals surface area contributed by atoms with Crippen LogP contribution in [0.1, 0.15) is 0 Å². The van der Waals surface area contributed by atoms with Gasteiger partial charge in [-0.2, -0.15) is 0 Å². The second-order valence-corrected chi connectivity index (χ2v) is 2.32. The van der Waals surface area contributed by atoms with Crippen LogP contribution < -0.4 is 9.47 Å². The molecule has 0 unspecified atom stereocenters. The maximum absolute atomic E-state index is 13.1. The molecule has 0 spiro atoms. The molecule has 13 heavy (non-hydrogen) atoms. The zero-order chi connectivity index (χ0) is 9.68. The second kappa shape index (κ2) is 4.67. The van der Waals surface area contributed by atoms with E-state index in [9.17, 15) is 4.39 Å². The Morgan fingerprint density at radius 2 is 2.08 bits per heavy atom. The lowest BCUT2D eigenvalue weighted by Crippen LogP contribution is -2.02. The highest BCUT2D eigenvalue weighted by molar-refractivity contribution is 5.40. The number of methoxy groups -OCH3 is 2. The fraction of sp³-hybridized carbons (Fsp3) is 0.333. The number of halogens is 1. The van der Waals surface area contributed by atoms with Crippen molar-refractivity contribution in [2.75, 3.05) is 21.0 Å². The van der Waals surface area contributed by atoms with E-state index in [4.69, 9.17) is 9.47 Å². The second-order valence-electron chi connectivity index (χ2n) is 2.32. The van der Waals surface area contributed by atoms with Crippen molar-refractivity contribution < 1.29 is 18.6 Å². The molecule has 1 rings (SSSR count). The molecule has 0 fully saturated rings. The van der Waals surface area contributed by atoms with Crippen LogP contribution >= 0.6 is 0 Å². The molecule has 3 nitrogen and oxygen atoms in total. The van der Waals surface area contributed by atoms with E-state index in [0.717, 1.165) is 0 Å². The van der Waals surface area contributed by atoms with Crippen molar-refractivity contribution in [3.05, 3.63) is 24.0 Å². The van der Waals surface area contributed by atoms with E-state index in [1.165, 1.54) is 20.3 Å². The van der Waals surface area contributed by atoms with Gasteiger partial charge in [0.15, 0.2) is 24.1 Å². The van der Waals surface area contributed by atoms with Crippen LogP contribution in [0, 0.1) is 5.82 Å². The molecule has 0 aliphatic rings. The summed E-state index contributed by atoms with van der Waals surface area (Å²) in [5.41, 5.74) is 0. The van der Waals surface area contributed by atoms with Crippen LogP contribution in [0.5, 0.6) is 11.5 Å². The van der Waals surface area contributed by atoms with E-state index in [2.05, 4.69) is 4.74 Å². The summed E-state index contributed by atoms with van der Waals surface area (Å²) in [6.45, 7) is -0.00269. The summed E-state index contributed by atoms with van der Waals surface area (Å²) < 4.78 is 27.6. The number of rotatable bonds is 4. The number of benzene rings is 1. The van der Waals surface area contributed by atoms with Gasteiger partial charge in [0.05, 0.1) is 7.11 Å². The fourth-order valence-electron chi connectivity index (χ4n) is 0.908. The Morgan fingerprint density at radius 1 is 1.31 bits per heavy atom. The van der Waals surface area contributed by atoms with Crippen LogP contribution in [0.15, 0.2) is 18.2 Å². The molecule has 1 aromatic carbocycles. The topological polar surface area (TPSA) is 27.7 Å². The number of para-hydroxylation sites is 1. The maximum atomic E-state index is 13.1. The minimum absolute atomic E-state index is 0.00269. The van der Waals surface area contributed by atoms with Crippen LogP contribution in [0.3, 0.4) is 0 Å². The van der Waals surface area contributed by atoms with Gasteiger partial charge in [-0.1, -0.05) is 6.07 Å². The molecule has 0 N–H and O–H groups in total. The van der Waals surface area contributed by atoms with Gasteiger partial charge in [0, 0.05) is 7.11 Å². The maximum Gasteiger partial charge on any atom is 0.199 e. The summed E-state index contributed by atoms with van der Waals surface area (Å²) >= 11 is 0. The highest BCUT2D eigenvalue weighted by Crippen LogP contribution is 2.29. The average Bonchev–Trinajstić information content (AvgIpc) is 2.15. The van der Waals surface area contributed by atoms with E-state index in [0.29, 0.717) is 5.75 Å². The van der Waals surface area contributed by atoms with E-state index >= 15 is 0 Å². The summed E-state index contributed by atoms with van der Waals surface area (Å²) in [5.74, 6) is -0.0275. The Balaban J connectivity index is 2.87. The van der Waals surface area contributed by atoms with Gasteiger partial charge in [0.25, 0.3) is 0 Å². The number of hydrogen-bond donors (Lipinski definition) is 0. The van der Waals surface area contributed by atoms with E-state index < -0.39 is 5.82 Å². The average molecular weight is 186 g/mol. The fourth-order valence-corrected chi connectivity index (χ4v) is 0.908. The van der Waals surface area contributed by atoms with Crippen molar-refractivity contribution in [1.82, 2.24) is 0 Å². The molecule has 1 aromatic rings. The van der Waals surface area contributed by atoms with Crippen LogP contribution in [0.4, 0.5) is 4.39 Å². The Kier molecular flexibility index (Phi) is 3.52. The van der Waals surface area contributed by atoms with Crippen LogP contribution in [-0.4, -0.2) is 21.0 Å². The lowest BCUT2D eigenvalue weighted by Gasteiger charge is -2.09. The predicted molar refractivity (Wildman–Crippen MR) is 45.5 cm³/mol. The molecule has 0 saturated heterocycles. The molecule has 0 aromatic heterocycles. The Morgan fingerprint density at radius 3 is 2.69 bits per heavy atom. The lowest BCUT2D eigenvalue weighted by molar-refractivity contribution is 0.0462. The smallest absolute Gasteiger partial charge is 0.199 e. The van der Waals surface area contributed by atoms with Crippen molar-refractivity contribution >= 4 is 0 Å². The van der Waals surface area contributed by atoms with Crippen molar-refractivity contribution in [2.24, 2.45) is 0 Å². The van der Waals surface area contributed by atoms with Crippen molar-refractivity contribution in [3.8, 4) is 11.5 Å². The van der Waals surface area contributed by atoms with Gasteiger partial charge in [0.2, 0.25) is 0 Å².